The van der Waals surface area contributed by atoms with Gasteiger partial charge in [-0.25, -0.2) is 0 Å². The number of benzene rings is 1. The molecule has 1 aromatic rings. The molecule has 152 valence electrons. The van der Waals surface area contributed by atoms with E-state index in [4.69, 9.17) is 10.2 Å². The summed E-state index contributed by atoms with van der Waals surface area (Å²) in [6.45, 7) is 7.15. The second-order valence-electron chi connectivity index (χ2n) is 8.97. The number of hydrogen-bond acceptors (Lipinski definition) is 2. The lowest BCUT2D eigenvalue weighted by atomic mass is 9.86. The summed E-state index contributed by atoms with van der Waals surface area (Å²) in [4.78, 5) is 22.2. The van der Waals surface area contributed by atoms with Crippen molar-refractivity contribution in [3.8, 4) is 0 Å². The van der Waals surface area contributed by atoms with Gasteiger partial charge in [0.05, 0.1) is 10.8 Å². The third-order valence-electron chi connectivity index (χ3n) is 5.43. The molecule has 0 spiro atoms. The Hall–Kier alpha value is -1.84. The van der Waals surface area contributed by atoms with Gasteiger partial charge >= 0.3 is 11.9 Å². The number of hydrogen-bond donors (Lipinski definition) is 2. The van der Waals surface area contributed by atoms with Crippen molar-refractivity contribution in [3.63, 3.8) is 0 Å². The fourth-order valence-electron chi connectivity index (χ4n) is 3.12. The maximum absolute atomic E-state index is 11.1. The SMILES string of the molecule is CC(C)(CCCCCc1cccc(CCCCC(C)(C)C(=O)O)c1)C(=O)O. The van der Waals surface area contributed by atoms with E-state index in [1.54, 1.807) is 27.7 Å². The Morgan fingerprint density at radius 2 is 1.15 bits per heavy atom. The summed E-state index contributed by atoms with van der Waals surface area (Å²) in [5.74, 6) is -1.45. The van der Waals surface area contributed by atoms with Gasteiger partial charge in [0.25, 0.3) is 0 Å². The topological polar surface area (TPSA) is 74.6 Å². The lowest BCUT2D eigenvalue weighted by Gasteiger charge is -2.18. The molecule has 1 aromatic carbocycles. The Balaban J connectivity index is 2.31. The van der Waals surface area contributed by atoms with Gasteiger partial charge in [0.1, 0.15) is 0 Å². The van der Waals surface area contributed by atoms with E-state index >= 15 is 0 Å². The van der Waals surface area contributed by atoms with E-state index in [9.17, 15) is 9.59 Å². The second kappa shape index (κ2) is 10.5. The lowest BCUT2D eigenvalue weighted by molar-refractivity contribution is -0.148. The Kier molecular flexibility index (Phi) is 9.01. The van der Waals surface area contributed by atoms with Gasteiger partial charge in [-0.05, 0) is 77.3 Å². The van der Waals surface area contributed by atoms with Crippen molar-refractivity contribution in [1.82, 2.24) is 0 Å². The van der Waals surface area contributed by atoms with Gasteiger partial charge in [-0.1, -0.05) is 43.5 Å². The van der Waals surface area contributed by atoms with Crippen LogP contribution in [0.5, 0.6) is 0 Å². The number of rotatable bonds is 13. The van der Waals surface area contributed by atoms with E-state index in [0.29, 0.717) is 6.42 Å². The van der Waals surface area contributed by atoms with E-state index in [2.05, 4.69) is 24.3 Å². The van der Waals surface area contributed by atoms with Crippen LogP contribution >= 0.6 is 0 Å². The highest BCUT2D eigenvalue weighted by Gasteiger charge is 2.26. The molecule has 0 heterocycles. The maximum atomic E-state index is 11.1. The standard InChI is InChI=1S/C23H36O4/c1-22(2,20(24)25)15-8-5-6-11-18-13-10-14-19(17-18)12-7-9-16-23(3,4)21(26)27/h10,13-14,17H,5-9,11-12,15-16H2,1-4H3,(H,24,25)(H,26,27). The average Bonchev–Trinajstić information content (AvgIpc) is 2.58. The summed E-state index contributed by atoms with van der Waals surface area (Å²) in [6, 6.07) is 8.64. The quantitative estimate of drug-likeness (QED) is 0.432. The van der Waals surface area contributed by atoms with Crippen molar-refractivity contribution < 1.29 is 19.8 Å². The van der Waals surface area contributed by atoms with Crippen molar-refractivity contribution in [2.75, 3.05) is 0 Å². The summed E-state index contributed by atoms with van der Waals surface area (Å²) < 4.78 is 0. The molecule has 0 aliphatic heterocycles. The predicted molar refractivity (Wildman–Crippen MR) is 109 cm³/mol. The largest absolute Gasteiger partial charge is 0.481 e. The number of aliphatic carboxylic acids is 2. The van der Waals surface area contributed by atoms with Gasteiger partial charge in [-0.2, -0.15) is 0 Å². The minimum Gasteiger partial charge on any atom is -0.481 e. The van der Waals surface area contributed by atoms with Crippen LogP contribution in [0.25, 0.3) is 0 Å². The Labute approximate surface area is 164 Å². The number of carbonyl (C=O) groups is 2. The normalized spacial score (nSPS) is 12.1. The van der Waals surface area contributed by atoms with Crippen LogP contribution in [-0.2, 0) is 22.4 Å². The highest BCUT2D eigenvalue weighted by Crippen LogP contribution is 2.25. The number of aryl methyl sites for hydroxylation is 2. The third kappa shape index (κ3) is 8.59. The molecule has 2 N–H and O–H groups in total. The summed E-state index contributed by atoms with van der Waals surface area (Å²) in [5.41, 5.74) is 1.37. The summed E-state index contributed by atoms with van der Waals surface area (Å²) in [6.07, 6.45) is 8.41. The van der Waals surface area contributed by atoms with Crippen LogP contribution in [0.2, 0.25) is 0 Å². The van der Waals surface area contributed by atoms with Crippen molar-refractivity contribution in [1.29, 1.82) is 0 Å². The minimum absolute atomic E-state index is 0.630. The molecule has 0 saturated carbocycles. The second-order valence-corrected chi connectivity index (χ2v) is 8.97. The van der Waals surface area contributed by atoms with E-state index in [0.717, 1.165) is 51.4 Å². The number of carboxylic acids is 2. The summed E-state index contributed by atoms with van der Waals surface area (Å²) in [5, 5.41) is 18.3. The van der Waals surface area contributed by atoms with Gasteiger partial charge in [0.15, 0.2) is 0 Å². The Morgan fingerprint density at radius 1 is 0.741 bits per heavy atom. The van der Waals surface area contributed by atoms with Crippen LogP contribution in [0.1, 0.15) is 83.8 Å². The first-order valence-corrected chi connectivity index (χ1v) is 10.1. The Bertz CT molecular complexity index is 617. The predicted octanol–water partition coefficient (Wildman–Crippen LogP) is 5.72. The van der Waals surface area contributed by atoms with Crippen molar-refractivity contribution >= 4 is 11.9 Å². The van der Waals surface area contributed by atoms with E-state index in [1.165, 1.54) is 11.1 Å². The highest BCUT2D eigenvalue weighted by molar-refractivity contribution is 5.73. The summed E-state index contributed by atoms with van der Waals surface area (Å²) >= 11 is 0. The molecule has 0 atom stereocenters. The van der Waals surface area contributed by atoms with Crippen LogP contribution in [-0.4, -0.2) is 22.2 Å². The molecule has 27 heavy (non-hydrogen) atoms. The van der Waals surface area contributed by atoms with Crippen LogP contribution < -0.4 is 0 Å². The first-order valence-electron chi connectivity index (χ1n) is 10.1. The van der Waals surface area contributed by atoms with Crippen LogP contribution in [0, 0.1) is 10.8 Å². The summed E-state index contributed by atoms with van der Waals surface area (Å²) in [7, 11) is 0. The van der Waals surface area contributed by atoms with E-state index < -0.39 is 22.8 Å². The van der Waals surface area contributed by atoms with Crippen molar-refractivity contribution in [3.05, 3.63) is 35.4 Å². The fraction of sp³-hybridized carbons (Fsp3) is 0.652. The highest BCUT2D eigenvalue weighted by atomic mass is 16.4. The van der Waals surface area contributed by atoms with Crippen LogP contribution in [0.15, 0.2) is 24.3 Å². The van der Waals surface area contributed by atoms with Gasteiger partial charge in [0, 0.05) is 0 Å². The van der Waals surface area contributed by atoms with Gasteiger partial charge in [-0.3, -0.25) is 9.59 Å². The number of carboxylic acid groups (broad SMARTS) is 2. The smallest absolute Gasteiger partial charge is 0.309 e. The zero-order valence-electron chi connectivity index (χ0n) is 17.4. The van der Waals surface area contributed by atoms with E-state index in [1.807, 2.05) is 0 Å². The first kappa shape index (κ1) is 23.2. The molecule has 0 aromatic heterocycles. The monoisotopic (exact) mass is 376 g/mol. The molecule has 4 nitrogen and oxygen atoms in total. The van der Waals surface area contributed by atoms with Gasteiger partial charge < -0.3 is 10.2 Å². The third-order valence-corrected chi connectivity index (χ3v) is 5.43. The molecule has 0 aliphatic carbocycles. The fourth-order valence-corrected chi connectivity index (χ4v) is 3.12. The lowest BCUT2D eigenvalue weighted by Crippen LogP contribution is -2.23. The average molecular weight is 377 g/mol. The molecule has 0 radical (unpaired) electrons. The molecular weight excluding hydrogens is 340 g/mol. The molecule has 1 rings (SSSR count). The van der Waals surface area contributed by atoms with Gasteiger partial charge in [0.2, 0.25) is 0 Å². The number of unbranched alkanes of at least 4 members (excludes halogenated alkanes) is 3. The van der Waals surface area contributed by atoms with Crippen molar-refractivity contribution in [2.45, 2.75) is 85.5 Å². The molecular formula is C23H36O4. The molecule has 0 bridgehead atoms. The maximum Gasteiger partial charge on any atom is 0.309 e. The zero-order chi connectivity index (χ0) is 20.5. The molecule has 0 saturated heterocycles. The molecule has 0 aliphatic rings. The molecule has 0 unspecified atom stereocenters. The molecule has 0 amide bonds. The Morgan fingerprint density at radius 3 is 1.59 bits per heavy atom. The zero-order valence-corrected chi connectivity index (χ0v) is 17.4. The van der Waals surface area contributed by atoms with Crippen LogP contribution in [0.4, 0.5) is 0 Å². The molecule has 0 fully saturated rings. The van der Waals surface area contributed by atoms with Crippen molar-refractivity contribution in [2.24, 2.45) is 10.8 Å². The van der Waals surface area contributed by atoms with E-state index in [-0.39, 0.29) is 0 Å². The molecule has 4 heteroatoms. The van der Waals surface area contributed by atoms with Gasteiger partial charge in [-0.15, -0.1) is 0 Å². The first-order chi connectivity index (χ1) is 12.5. The minimum atomic E-state index is -0.726. The van der Waals surface area contributed by atoms with Crippen LogP contribution in [0.3, 0.4) is 0 Å².